The fourth-order valence-electron chi connectivity index (χ4n) is 2.94. The molecule has 0 atom stereocenters. The molecule has 0 spiro atoms. The van der Waals surface area contributed by atoms with Gasteiger partial charge in [-0.15, -0.1) is 0 Å². The number of rotatable bonds is 3. The summed E-state index contributed by atoms with van der Waals surface area (Å²) in [6.07, 6.45) is 0. The summed E-state index contributed by atoms with van der Waals surface area (Å²) < 4.78 is 0. The lowest BCUT2D eigenvalue weighted by Gasteiger charge is -2.35. The first-order valence-electron chi connectivity index (χ1n) is 8.60. The number of piperazine rings is 1. The zero-order valence-electron chi connectivity index (χ0n) is 14.9. The van der Waals surface area contributed by atoms with Gasteiger partial charge >= 0.3 is 0 Å². The first-order valence-corrected chi connectivity index (χ1v) is 8.98. The van der Waals surface area contributed by atoms with E-state index in [0.717, 1.165) is 30.4 Å². The van der Waals surface area contributed by atoms with Crippen molar-refractivity contribution in [2.75, 3.05) is 31.1 Å². The van der Waals surface area contributed by atoms with Crippen LogP contribution >= 0.6 is 11.6 Å². The monoisotopic (exact) mass is 358 g/mol. The second-order valence-corrected chi connectivity index (χ2v) is 7.05. The number of aryl methyl sites for hydroxylation is 1. The van der Waals surface area contributed by atoms with Crippen LogP contribution < -0.4 is 4.90 Å². The average Bonchev–Trinajstić information content (AvgIpc) is 2.61. The number of halogens is 1. The van der Waals surface area contributed by atoms with Gasteiger partial charge in [0.1, 0.15) is 11.6 Å². The van der Waals surface area contributed by atoms with E-state index in [4.69, 9.17) is 11.6 Å². The molecule has 0 bridgehead atoms. The number of aromatic nitrogens is 2. The highest BCUT2D eigenvalue weighted by molar-refractivity contribution is 6.33. The lowest BCUT2D eigenvalue weighted by molar-refractivity contribution is 0.0746. The van der Waals surface area contributed by atoms with Crippen LogP contribution in [0.3, 0.4) is 0 Å². The molecule has 5 nitrogen and oxygen atoms in total. The molecule has 1 saturated heterocycles. The third-order valence-corrected chi connectivity index (χ3v) is 4.70. The SMILES string of the molecule is Cc1cc(N2CCN(C(=O)c3ccccc3Cl)CC2)nc(C(C)C)n1. The van der Waals surface area contributed by atoms with Crippen LogP contribution in [0.15, 0.2) is 30.3 Å². The van der Waals surface area contributed by atoms with Gasteiger partial charge in [0.2, 0.25) is 0 Å². The van der Waals surface area contributed by atoms with Crippen molar-refractivity contribution < 1.29 is 4.79 Å². The van der Waals surface area contributed by atoms with Crippen molar-refractivity contribution in [3.8, 4) is 0 Å². The van der Waals surface area contributed by atoms with Crippen LogP contribution in [0.2, 0.25) is 5.02 Å². The van der Waals surface area contributed by atoms with E-state index in [2.05, 4.69) is 28.7 Å². The van der Waals surface area contributed by atoms with Crippen molar-refractivity contribution >= 4 is 23.3 Å². The van der Waals surface area contributed by atoms with Gasteiger partial charge in [-0.2, -0.15) is 0 Å². The highest BCUT2D eigenvalue weighted by Crippen LogP contribution is 2.21. The number of hydrogen-bond acceptors (Lipinski definition) is 4. The highest BCUT2D eigenvalue weighted by Gasteiger charge is 2.24. The van der Waals surface area contributed by atoms with E-state index in [9.17, 15) is 4.79 Å². The Morgan fingerprint density at radius 1 is 1.12 bits per heavy atom. The van der Waals surface area contributed by atoms with Crippen LogP contribution in [0.1, 0.15) is 41.6 Å². The number of carbonyl (C=O) groups excluding carboxylic acids is 1. The van der Waals surface area contributed by atoms with Crippen molar-refractivity contribution in [3.63, 3.8) is 0 Å². The molecule has 1 aliphatic heterocycles. The number of amides is 1. The molecular formula is C19H23ClN4O. The van der Waals surface area contributed by atoms with Crippen LogP contribution in [0.25, 0.3) is 0 Å². The molecule has 25 heavy (non-hydrogen) atoms. The molecule has 0 aliphatic carbocycles. The molecule has 0 saturated carbocycles. The summed E-state index contributed by atoms with van der Waals surface area (Å²) in [5.41, 5.74) is 1.54. The van der Waals surface area contributed by atoms with E-state index in [1.165, 1.54) is 0 Å². The molecule has 1 aromatic heterocycles. The topological polar surface area (TPSA) is 49.3 Å². The number of carbonyl (C=O) groups is 1. The zero-order valence-corrected chi connectivity index (χ0v) is 15.6. The second-order valence-electron chi connectivity index (χ2n) is 6.64. The normalized spacial score (nSPS) is 14.9. The fraction of sp³-hybridized carbons (Fsp3) is 0.421. The Bertz CT molecular complexity index is 770. The van der Waals surface area contributed by atoms with Gasteiger partial charge in [-0.3, -0.25) is 4.79 Å². The van der Waals surface area contributed by atoms with Crippen molar-refractivity contribution in [3.05, 3.63) is 52.4 Å². The molecule has 1 aromatic carbocycles. The minimum atomic E-state index is -0.00742. The summed E-state index contributed by atoms with van der Waals surface area (Å²) in [7, 11) is 0. The van der Waals surface area contributed by atoms with E-state index in [0.29, 0.717) is 29.6 Å². The first kappa shape index (κ1) is 17.7. The molecule has 0 unspecified atom stereocenters. The maximum absolute atomic E-state index is 12.7. The van der Waals surface area contributed by atoms with Crippen LogP contribution in [0, 0.1) is 6.92 Å². The Labute approximate surface area is 153 Å². The van der Waals surface area contributed by atoms with Crippen molar-refractivity contribution in [2.24, 2.45) is 0 Å². The maximum atomic E-state index is 12.7. The van der Waals surface area contributed by atoms with Gasteiger partial charge in [0.25, 0.3) is 5.91 Å². The summed E-state index contributed by atoms with van der Waals surface area (Å²) >= 11 is 6.15. The standard InChI is InChI=1S/C19H23ClN4O/c1-13(2)18-21-14(3)12-17(22-18)23-8-10-24(11-9-23)19(25)15-6-4-5-7-16(15)20/h4-7,12-13H,8-11H2,1-3H3. The molecule has 1 aliphatic rings. The van der Waals surface area contributed by atoms with Crippen molar-refractivity contribution in [2.45, 2.75) is 26.7 Å². The minimum Gasteiger partial charge on any atom is -0.353 e. The maximum Gasteiger partial charge on any atom is 0.255 e. The highest BCUT2D eigenvalue weighted by atomic mass is 35.5. The quantitative estimate of drug-likeness (QED) is 0.842. The average molecular weight is 359 g/mol. The van der Waals surface area contributed by atoms with Gasteiger partial charge in [0.05, 0.1) is 10.6 Å². The lowest BCUT2D eigenvalue weighted by atomic mass is 10.1. The molecular weight excluding hydrogens is 336 g/mol. The Morgan fingerprint density at radius 2 is 1.80 bits per heavy atom. The molecule has 0 N–H and O–H groups in total. The van der Waals surface area contributed by atoms with Crippen LogP contribution in [0.5, 0.6) is 0 Å². The Kier molecular flexibility index (Phi) is 5.23. The van der Waals surface area contributed by atoms with E-state index >= 15 is 0 Å². The Morgan fingerprint density at radius 3 is 2.44 bits per heavy atom. The molecule has 1 amide bonds. The summed E-state index contributed by atoms with van der Waals surface area (Å²) in [5.74, 6) is 2.10. The number of nitrogens with zero attached hydrogens (tertiary/aromatic N) is 4. The van der Waals surface area contributed by atoms with Gasteiger partial charge < -0.3 is 9.80 Å². The number of hydrogen-bond donors (Lipinski definition) is 0. The molecule has 0 radical (unpaired) electrons. The molecule has 1 fully saturated rings. The molecule has 6 heteroatoms. The summed E-state index contributed by atoms with van der Waals surface area (Å²) in [6, 6.07) is 9.21. The minimum absolute atomic E-state index is 0.00742. The van der Waals surface area contributed by atoms with Gasteiger partial charge in [0.15, 0.2) is 0 Å². The number of anilines is 1. The third-order valence-electron chi connectivity index (χ3n) is 4.37. The van der Waals surface area contributed by atoms with Crippen LogP contribution in [-0.4, -0.2) is 47.0 Å². The predicted octanol–water partition coefficient (Wildman–Crippen LogP) is 3.52. The van der Waals surface area contributed by atoms with E-state index < -0.39 is 0 Å². The van der Waals surface area contributed by atoms with Gasteiger partial charge in [-0.25, -0.2) is 9.97 Å². The zero-order chi connectivity index (χ0) is 18.0. The summed E-state index contributed by atoms with van der Waals surface area (Å²) in [5, 5.41) is 0.503. The fourth-order valence-corrected chi connectivity index (χ4v) is 3.15. The van der Waals surface area contributed by atoms with E-state index in [1.807, 2.05) is 30.0 Å². The largest absolute Gasteiger partial charge is 0.353 e. The van der Waals surface area contributed by atoms with Crippen molar-refractivity contribution in [1.82, 2.24) is 14.9 Å². The van der Waals surface area contributed by atoms with Crippen LogP contribution in [0.4, 0.5) is 5.82 Å². The van der Waals surface area contributed by atoms with Gasteiger partial charge in [0, 0.05) is 43.9 Å². The summed E-state index contributed by atoms with van der Waals surface area (Å²) in [6.45, 7) is 9.01. The van der Waals surface area contributed by atoms with Crippen LogP contribution in [-0.2, 0) is 0 Å². The summed E-state index contributed by atoms with van der Waals surface area (Å²) in [4.78, 5) is 25.9. The molecule has 3 rings (SSSR count). The first-order chi connectivity index (χ1) is 12.0. The molecule has 2 aromatic rings. The molecule has 132 valence electrons. The van der Waals surface area contributed by atoms with Gasteiger partial charge in [-0.1, -0.05) is 37.6 Å². The smallest absolute Gasteiger partial charge is 0.255 e. The Hall–Kier alpha value is -2.14. The van der Waals surface area contributed by atoms with E-state index in [-0.39, 0.29) is 5.91 Å². The number of benzene rings is 1. The van der Waals surface area contributed by atoms with Crippen molar-refractivity contribution in [1.29, 1.82) is 0 Å². The van der Waals surface area contributed by atoms with Gasteiger partial charge in [-0.05, 0) is 19.1 Å². The van der Waals surface area contributed by atoms with E-state index in [1.54, 1.807) is 12.1 Å². The Balaban J connectivity index is 1.70. The molecule has 2 heterocycles. The predicted molar refractivity (Wildman–Crippen MR) is 100 cm³/mol. The second kappa shape index (κ2) is 7.40. The third kappa shape index (κ3) is 3.93. The lowest BCUT2D eigenvalue weighted by Crippen LogP contribution is -2.49.